The molecule has 120 valence electrons. The molecule has 0 aliphatic carbocycles. The maximum absolute atomic E-state index is 12.5. The van der Waals surface area contributed by atoms with E-state index >= 15 is 0 Å². The summed E-state index contributed by atoms with van der Waals surface area (Å²) in [4.78, 5) is 47.4. The van der Waals surface area contributed by atoms with Gasteiger partial charge in [0.1, 0.15) is 5.92 Å². The third-order valence-electron chi connectivity index (χ3n) is 2.64. The predicted molar refractivity (Wildman–Crippen MR) is 74.5 cm³/mol. The molecule has 1 unspecified atom stereocenters. The van der Waals surface area contributed by atoms with Gasteiger partial charge in [-0.2, -0.15) is 0 Å². The van der Waals surface area contributed by atoms with Gasteiger partial charge in [0.25, 0.3) is 0 Å². The van der Waals surface area contributed by atoms with Crippen LogP contribution in [0.3, 0.4) is 0 Å². The molecular formula is C13H23N3O5. The number of esters is 1. The molecule has 0 spiro atoms. The molecular weight excluding hydrogens is 278 g/mol. The number of carbonyl (C=O) groups is 4. The first-order valence-corrected chi connectivity index (χ1v) is 6.52. The fourth-order valence-corrected chi connectivity index (χ4v) is 1.82. The zero-order chi connectivity index (χ0) is 16.8. The SMILES string of the molecule is CCOC(=O)C(C(=O)N(CC(N)=O)CC(N)=O)C(C)(C)C. The molecule has 0 saturated heterocycles. The number of nitrogens with two attached hydrogens (primary N) is 2. The largest absolute Gasteiger partial charge is 0.465 e. The molecule has 0 aromatic rings. The number of hydrogen-bond donors (Lipinski definition) is 2. The molecule has 8 nitrogen and oxygen atoms in total. The molecule has 0 bridgehead atoms. The van der Waals surface area contributed by atoms with E-state index < -0.39 is 48.1 Å². The number of rotatable bonds is 7. The summed E-state index contributed by atoms with van der Waals surface area (Å²) < 4.78 is 4.89. The van der Waals surface area contributed by atoms with Gasteiger partial charge < -0.3 is 21.1 Å². The van der Waals surface area contributed by atoms with Gasteiger partial charge in [0.05, 0.1) is 19.7 Å². The molecule has 0 rings (SSSR count). The van der Waals surface area contributed by atoms with Crippen molar-refractivity contribution in [2.45, 2.75) is 27.7 Å². The molecule has 0 saturated carbocycles. The summed E-state index contributed by atoms with van der Waals surface area (Å²) in [5.41, 5.74) is 9.35. The minimum absolute atomic E-state index is 0.115. The van der Waals surface area contributed by atoms with E-state index in [-0.39, 0.29) is 6.61 Å². The second-order valence-corrected chi connectivity index (χ2v) is 5.68. The minimum Gasteiger partial charge on any atom is -0.465 e. The molecule has 3 amide bonds. The van der Waals surface area contributed by atoms with Crippen molar-refractivity contribution in [3.63, 3.8) is 0 Å². The summed E-state index contributed by atoms with van der Waals surface area (Å²) in [6.45, 7) is 5.79. The van der Waals surface area contributed by atoms with Crippen LogP contribution < -0.4 is 11.5 Å². The number of ether oxygens (including phenoxy) is 1. The van der Waals surface area contributed by atoms with Gasteiger partial charge in [0.15, 0.2) is 0 Å². The van der Waals surface area contributed by atoms with E-state index in [1.165, 1.54) is 0 Å². The van der Waals surface area contributed by atoms with E-state index in [2.05, 4.69) is 0 Å². The Hall–Kier alpha value is -2.12. The lowest BCUT2D eigenvalue weighted by atomic mass is 9.79. The Bertz CT molecular complexity index is 412. The maximum atomic E-state index is 12.5. The van der Waals surface area contributed by atoms with Crippen LogP contribution in [-0.2, 0) is 23.9 Å². The summed E-state index contributed by atoms with van der Waals surface area (Å²) in [7, 11) is 0. The predicted octanol–water partition coefficient (Wildman–Crippen LogP) is -0.989. The Balaban J connectivity index is 5.42. The summed E-state index contributed by atoms with van der Waals surface area (Å²) >= 11 is 0. The Morgan fingerprint density at radius 2 is 1.48 bits per heavy atom. The van der Waals surface area contributed by atoms with Crippen LogP contribution in [0.4, 0.5) is 0 Å². The van der Waals surface area contributed by atoms with Crippen molar-refractivity contribution >= 4 is 23.7 Å². The summed E-state index contributed by atoms with van der Waals surface area (Å²) in [6, 6.07) is 0. The van der Waals surface area contributed by atoms with Crippen molar-refractivity contribution in [1.29, 1.82) is 0 Å². The van der Waals surface area contributed by atoms with Crippen molar-refractivity contribution in [3.05, 3.63) is 0 Å². The van der Waals surface area contributed by atoms with Crippen molar-refractivity contribution in [1.82, 2.24) is 4.90 Å². The Kier molecular flexibility index (Phi) is 6.84. The molecule has 1 atom stereocenters. The molecule has 0 aromatic carbocycles. The molecule has 0 aromatic heterocycles. The van der Waals surface area contributed by atoms with Gasteiger partial charge in [-0.3, -0.25) is 19.2 Å². The van der Waals surface area contributed by atoms with Gasteiger partial charge in [0.2, 0.25) is 17.7 Å². The fourth-order valence-electron chi connectivity index (χ4n) is 1.82. The van der Waals surface area contributed by atoms with E-state index in [0.29, 0.717) is 0 Å². The lowest BCUT2D eigenvalue weighted by Crippen LogP contribution is -2.50. The Morgan fingerprint density at radius 1 is 1.05 bits per heavy atom. The lowest BCUT2D eigenvalue weighted by Gasteiger charge is -2.31. The van der Waals surface area contributed by atoms with Crippen molar-refractivity contribution < 1.29 is 23.9 Å². The van der Waals surface area contributed by atoms with Crippen LogP contribution in [0.25, 0.3) is 0 Å². The van der Waals surface area contributed by atoms with Gasteiger partial charge >= 0.3 is 5.97 Å². The molecule has 8 heteroatoms. The lowest BCUT2D eigenvalue weighted by molar-refractivity contribution is -0.162. The highest BCUT2D eigenvalue weighted by Crippen LogP contribution is 2.29. The second kappa shape index (κ2) is 7.61. The maximum Gasteiger partial charge on any atom is 0.319 e. The van der Waals surface area contributed by atoms with Crippen LogP contribution in [0.5, 0.6) is 0 Å². The smallest absolute Gasteiger partial charge is 0.319 e. The Labute approximate surface area is 123 Å². The van der Waals surface area contributed by atoms with E-state index in [4.69, 9.17) is 16.2 Å². The topological polar surface area (TPSA) is 133 Å². The zero-order valence-corrected chi connectivity index (χ0v) is 12.8. The van der Waals surface area contributed by atoms with Crippen LogP contribution in [-0.4, -0.2) is 48.3 Å². The van der Waals surface area contributed by atoms with Crippen molar-refractivity contribution in [3.8, 4) is 0 Å². The summed E-state index contributed by atoms with van der Waals surface area (Å²) in [5, 5.41) is 0. The Morgan fingerprint density at radius 3 is 1.76 bits per heavy atom. The van der Waals surface area contributed by atoms with E-state index in [1.54, 1.807) is 27.7 Å². The average Bonchev–Trinajstić information content (AvgIpc) is 2.25. The summed E-state index contributed by atoms with van der Waals surface area (Å²) in [6.07, 6.45) is 0. The summed E-state index contributed by atoms with van der Waals surface area (Å²) in [5.74, 6) is -4.19. The number of nitrogens with zero attached hydrogens (tertiary/aromatic N) is 1. The van der Waals surface area contributed by atoms with Crippen LogP contribution in [0, 0.1) is 11.3 Å². The van der Waals surface area contributed by atoms with Crippen LogP contribution in [0.2, 0.25) is 0 Å². The molecule has 0 heterocycles. The molecule has 4 N–H and O–H groups in total. The monoisotopic (exact) mass is 301 g/mol. The number of primary amides is 2. The van der Waals surface area contributed by atoms with Gasteiger partial charge in [-0.25, -0.2) is 0 Å². The number of hydrogen-bond acceptors (Lipinski definition) is 5. The highest BCUT2D eigenvalue weighted by molar-refractivity contribution is 6.01. The normalized spacial score (nSPS) is 12.4. The molecule has 0 radical (unpaired) electrons. The molecule has 0 fully saturated rings. The van der Waals surface area contributed by atoms with Crippen molar-refractivity contribution in [2.24, 2.45) is 22.8 Å². The van der Waals surface area contributed by atoms with Crippen LogP contribution in [0.1, 0.15) is 27.7 Å². The highest BCUT2D eigenvalue weighted by atomic mass is 16.5. The standard InChI is InChI=1S/C13H23N3O5/c1-5-21-12(20)10(13(2,3)4)11(19)16(6-8(14)17)7-9(15)18/h10H,5-7H2,1-4H3,(H2,14,17)(H2,15,18). The average molecular weight is 301 g/mol. The molecule has 0 aliphatic rings. The number of carbonyl (C=O) groups excluding carboxylic acids is 4. The van der Waals surface area contributed by atoms with Gasteiger partial charge in [-0.15, -0.1) is 0 Å². The quantitative estimate of drug-likeness (QED) is 0.460. The van der Waals surface area contributed by atoms with E-state index in [1.807, 2.05) is 0 Å². The van der Waals surface area contributed by atoms with Gasteiger partial charge in [-0.1, -0.05) is 20.8 Å². The number of amides is 3. The van der Waals surface area contributed by atoms with Crippen LogP contribution >= 0.6 is 0 Å². The van der Waals surface area contributed by atoms with E-state index in [9.17, 15) is 19.2 Å². The van der Waals surface area contributed by atoms with Crippen molar-refractivity contribution in [2.75, 3.05) is 19.7 Å². The van der Waals surface area contributed by atoms with Gasteiger partial charge in [-0.05, 0) is 12.3 Å². The minimum atomic E-state index is -1.16. The zero-order valence-electron chi connectivity index (χ0n) is 12.8. The van der Waals surface area contributed by atoms with Gasteiger partial charge in [0, 0.05) is 0 Å². The first-order valence-electron chi connectivity index (χ1n) is 6.52. The molecule has 21 heavy (non-hydrogen) atoms. The second-order valence-electron chi connectivity index (χ2n) is 5.68. The first-order chi connectivity index (χ1) is 9.50. The third-order valence-corrected chi connectivity index (χ3v) is 2.64. The molecule has 0 aliphatic heterocycles. The first kappa shape index (κ1) is 18.9. The fraction of sp³-hybridized carbons (Fsp3) is 0.692. The van der Waals surface area contributed by atoms with Crippen LogP contribution in [0.15, 0.2) is 0 Å². The van der Waals surface area contributed by atoms with E-state index in [0.717, 1.165) is 4.90 Å². The third kappa shape index (κ3) is 6.24. The highest BCUT2D eigenvalue weighted by Gasteiger charge is 2.41.